The third-order valence-corrected chi connectivity index (χ3v) is 6.00. The first-order chi connectivity index (χ1) is 15.4. The van der Waals surface area contributed by atoms with Crippen molar-refractivity contribution in [3.63, 3.8) is 0 Å². The molecule has 2 aromatic carbocycles. The fraction of sp³-hybridized carbons (Fsp3) is 0.346. The summed E-state index contributed by atoms with van der Waals surface area (Å²) >= 11 is 0. The Hall–Kier alpha value is -3.43. The van der Waals surface area contributed by atoms with Gasteiger partial charge in [-0.05, 0) is 62.7 Å². The van der Waals surface area contributed by atoms with Crippen LogP contribution in [0.1, 0.15) is 35.1 Å². The number of nitriles is 1. The van der Waals surface area contributed by atoms with Crippen LogP contribution in [0.15, 0.2) is 51.7 Å². The molecule has 0 saturated carbocycles. The van der Waals surface area contributed by atoms with Crippen molar-refractivity contribution in [3.8, 4) is 11.8 Å². The number of Topliss-reactive ketones (excluding diaryl/α,β-unsaturated/α-hetero) is 1. The summed E-state index contributed by atoms with van der Waals surface area (Å²) in [5, 5.41) is 9.66. The number of hydrogen-bond acceptors (Lipinski definition) is 6. The molecular formula is C26H26N2O4. The maximum atomic E-state index is 12.6. The summed E-state index contributed by atoms with van der Waals surface area (Å²) in [6.07, 6.45) is 2.31. The molecule has 4 rings (SSSR count). The molecule has 0 unspecified atom stereocenters. The van der Waals surface area contributed by atoms with Crippen molar-refractivity contribution in [2.45, 2.75) is 38.7 Å². The highest BCUT2D eigenvalue weighted by molar-refractivity contribution is 5.86. The normalized spacial score (nSPS) is 14.9. The van der Waals surface area contributed by atoms with Gasteiger partial charge < -0.3 is 14.1 Å². The van der Waals surface area contributed by atoms with Crippen molar-refractivity contribution in [2.75, 3.05) is 20.1 Å². The molecule has 0 bridgehead atoms. The van der Waals surface area contributed by atoms with Crippen LogP contribution in [0.3, 0.4) is 0 Å². The Labute approximate surface area is 187 Å². The molecule has 1 aliphatic heterocycles. The number of aryl methyl sites for hydroxylation is 1. The summed E-state index contributed by atoms with van der Waals surface area (Å²) in [5.74, 6) is 0.653. The average Bonchev–Trinajstić information content (AvgIpc) is 2.79. The number of carbonyl (C=O) groups is 1. The van der Waals surface area contributed by atoms with Crippen LogP contribution in [0.2, 0.25) is 0 Å². The number of nitrogens with zero attached hydrogens (tertiary/aromatic N) is 2. The number of ketones is 1. The summed E-state index contributed by atoms with van der Waals surface area (Å²) in [7, 11) is 2.11. The topological polar surface area (TPSA) is 83.5 Å². The van der Waals surface area contributed by atoms with Crippen molar-refractivity contribution in [1.29, 1.82) is 5.26 Å². The van der Waals surface area contributed by atoms with E-state index in [-0.39, 0.29) is 24.7 Å². The van der Waals surface area contributed by atoms with E-state index < -0.39 is 5.63 Å². The molecule has 1 fully saturated rings. The molecule has 164 valence electrons. The molecule has 0 N–H and O–H groups in total. The fourth-order valence-corrected chi connectivity index (χ4v) is 4.08. The van der Waals surface area contributed by atoms with E-state index in [0.29, 0.717) is 16.7 Å². The number of fused-ring (bicyclic) bond motifs is 1. The quantitative estimate of drug-likeness (QED) is 0.553. The molecule has 1 aromatic heterocycles. The Bertz CT molecular complexity index is 1230. The van der Waals surface area contributed by atoms with Crippen LogP contribution < -0.4 is 10.4 Å². The van der Waals surface area contributed by atoms with Crippen LogP contribution >= 0.6 is 0 Å². The first kappa shape index (κ1) is 21.8. The van der Waals surface area contributed by atoms with Gasteiger partial charge in [0.2, 0.25) is 0 Å². The molecule has 1 saturated heterocycles. The highest BCUT2D eigenvalue weighted by atomic mass is 16.5. The van der Waals surface area contributed by atoms with Gasteiger partial charge >= 0.3 is 5.63 Å². The minimum atomic E-state index is -0.495. The number of likely N-dealkylation sites (tertiary alicyclic amines) is 1. The zero-order valence-electron chi connectivity index (χ0n) is 18.4. The second kappa shape index (κ2) is 9.37. The largest absolute Gasteiger partial charge is 0.490 e. The van der Waals surface area contributed by atoms with Gasteiger partial charge in [0.1, 0.15) is 23.2 Å². The number of carbonyl (C=O) groups excluding carboxylic acids is 1. The highest BCUT2D eigenvalue weighted by Crippen LogP contribution is 2.29. The molecule has 0 aliphatic carbocycles. The molecule has 32 heavy (non-hydrogen) atoms. The summed E-state index contributed by atoms with van der Waals surface area (Å²) < 4.78 is 11.8. The summed E-state index contributed by atoms with van der Waals surface area (Å²) in [6, 6.07) is 14.5. The smallest absolute Gasteiger partial charge is 0.339 e. The molecule has 1 aliphatic rings. The van der Waals surface area contributed by atoms with Gasteiger partial charge in [0.15, 0.2) is 0 Å². The van der Waals surface area contributed by atoms with Crippen molar-refractivity contribution in [3.05, 3.63) is 75.1 Å². The van der Waals surface area contributed by atoms with Crippen LogP contribution in [0.25, 0.3) is 11.0 Å². The molecule has 6 heteroatoms. The van der Waals surface area contributed by atoms with E-state index in [1.165, 1.54) is 0 Å². The van der Waals surface area contributed by atoms with Gasteiger partial charge in [-0.15, -0.1) is 0 Å². The van der Waals surface area contributed by atoms with Crippen LogP contribution in [0.4, 0.5) is 0 Å². The Balaban J connectivity index is 1.50. The molecule has 0 atom stereocenters. The van der Waals surface area contributed by atoms with Crippen molar-refractivity contribution in [1.82, 2.24) is 4.90 Å². The number of piperidine rings is 1. The Morgan fingerprint density at radius 1 is 1.16 bits per heavy atom. The lowest BCUT2D eigenvalue weighted by Crippen LogP contribution is -2.35. The highest BCUT2D eigenvalue weighted by Gasteiger charge is 2.20. The van der Waals surface area contributed by atoms with Crippen molar-refractivity contribution >= 4 is 16.8 Å². The van der Waals surface area contributed by atoms with E-state index >= 15 is 0 Å². The molecule has 0 radical (unpaired) electrons. The van der Waals surface area contributed by atoms with Gasteiger partial charge in [-0.2, -0.15) is 5.26 Å². The van der Waals surface area contributed by atoms with E-state index in [2.05, 4.69) is 18.0 Å². The molecule has 0 spiro atoms. The van der Waals surface area contributed by atoms with Crippen LogP contribution in [-0.2, 0) is 17.6 Å². The zero-order chi connectivity index (χ0) is 22.7. The fourth-order valence-electron chi connectivity index (χ4n) is 4.08. The van der Waals surface area contributed by atoms with Gasteiger partial charge in [-0.1, -0.05) is 12.1 Å². The second-order valence-corrected chi connectivity index (χ2v) is 8.49. The molecule has 2 heterocycles. The van der Waals surface area contributed by atoms with Crippen LogP contribution in [-0.4, -0.2) is 36.9 Å². The minimum Gasteiger partial charge on any atom is -0.490 e. The van der Waals surface area contributed by atoms with E-state index in [1.54, 1.807) is 30.3 Å². The van der Waals surface area contributed by atoms with Crippen LogP contribution in [0, 0.1) is 18.3 Å². The summed E-state index contributed by atoms with van der Waals surface area (Å²) in [5.41, 5.74) is 2.51. The third-order valence-electron chi connectivity index (χ3n) is 6.00. The number of benzene rings is 2. The van der Waals surface area contributed by atoms with Gasteiger partial charge in [0.05, 0.1) is 11.6 Å². The third kappa shape index (κ3) is 4.90. The lowest BCUT2D eigenvalue weighted by atomic mass is 10.0. The SMILES string of the molecule is Cc1c(OC2CCN(C)CC2)ccc2cc(CC(=O)Cc3ccc(C#N)cc3)c(=O)oc12. The number of hydrogen-bond donors (Lipinski definition) is 0. The first-order valence-corrected chi connectivity index (χ1v) is 10.8. The Kier molecular flexibility index (Phi) is 6.38. The van der Waals surface area contributed by atoms with E-state index in [9.17, 15) is 9.59 Å². The lowest BCUT2D eigenvalue weighted by Gasteiger charge is -2.29. The number of ether oxygens (including phenoxy) is 1. The standard InChI is InChI=1S/C26H26N2O4/c1-17-24(31-23-9-11-28(2)12-10-23)8-7-20-14-21(26(30)32-25(17)20)15-22(29)13-18-3-5-19(16-27)6-4-18/h3-8,14,23H,9-13,15H2,1-2H3. The summed E-state index contributed by atoms with van der Waals surface area (Å²) in [4.78, 5) is 27.4. The van der Waals surface area contributed by atoms with Crippen LogP contribution in [0.5, 0.6) is 5.75 Å². The second-order valence-electron chi connectivity index (χ2n) is 8.49. The molecule has 3 aromatic rings. The van der Waals surface area contributed by atoms with Gasteiger partial charge in [-0.3, -0.25) is 4.79 Å². The van der Waals surface area contributed by atoms with Gasteiger partial charge in [-0.25, -0.2) is 4.79 Å². The predicted octanol–water partition coefficient (Wildman–Crippen LogP) is 3.80. The average molecular weight is 431 g/mol. The van der Waals surface area contributed by atoms with Gasteiger partial charge in [0.25, 0.3) is 0 Å². The molecular weight excluding hydrogens is 404 g/mol. The maximum Gasteiger partial charge on any atom is 0.339 e. The first-order valence-electron chi connectivity index (χ1n) is 10.8. The Morgan fingerprint density at radius 2 is 1.88 bits per heavy atom. The van der Waals surface area contributed by atoms with E-state index in [4.69, 9.17) is 14.4 Å². The van der Waals surface area contributed by atoms with E-state index in [1.807, 2.05) is 19.1 Å². The predicted molar refractivity (Wildman–Crippen MR) is 122 cm³/mol. The monoisotopic (exact) mass is 430 g/mol. The van der Waals surface area contributed by atoms with Gasteiger partial charge in [0, 0.05) is 42.4 Å². The minimum absolute atomic E-state index is 0.00512. The molecule has 0 amide bonds. The summed E-state index contributed by atoms with van der Waals surface area (Å²) in [6.45, 7) is 3.91. The van der Waals surface area contributed by atoms with E-state index in [0.717, 1.165) is 48.2 Å². The number of rotatable bonds is 6. The zero-order valence-corrected chi connectivity index (χ0v) is 18.4. The van der Waals surface area contributed by atoms with Crippen molar-refractivity contribution in [2.24, 2.45) is 0 Å². The maximum absolute atomic E-state index is 12.6. The lowest BCUT2D eigenvalue weighted by molar-refractivity contribution is -0.117. The molecule has 6 nitrogen and oxygen atoms in total. The van der Waals surface area contributed by atoms with Crippen molar-refractivity contribution < 1.29 is 13.9 Å². The Morgan fingerprint density at radius 3 is 2.56 bits per heavy atom.